The molecule has 10 heteroatoms. The van der Waals surface area contributed by atoms with E-state index in [1.165, 1.54) is 16.5 Å². The zero-order valence-electron chi connectivity index (χ0n) is 17.1. The molecule has 1 unspecified atom stereocenters. The second-order valence-corrected chi connectivity index (χ2v) is 7.86. The van der Waals surface area contributed by atoms with Crippen LogP contribution in [0.25, 0.3) is 11.2 Å². The van der Waals surface area contributed by atoms with E-state index in [0.29, 0.717) is 16.5 Å². The first-order valence-electron chi connectivity index (χ1n) is 9.48. The number of anilines is 1. The first-order valence-corrected chi connectivity index (χ1v) is 9.85. The van der Waals surface area contributed by atoms with Gasteiger partial charge in [0.2, 0.25) is 5.95 Å². The Morgan fingerprint density at radius 1 is 1.23 bits per heavy atom. The number of carbonyl (C=O) groups excluding carboxylic acids is 1. The molecule has 1 aliphatic rings. The molecule has 156 valence electrons. The van der Waals surface area contributed by atoms with Crippen LogP contribution in [0.1, 0.15) is 32.4 Å². The maximum Gasteiger partial charge on any atom is 0.332 e. The summed E-state index contributed by atoms with van der Waals surface area (Å²) in [5, 5.41) is 6.41. The highest BCUT2D eigenvalue weighted by Gasteiger charge is 2.31. The van der Waals surface area contributed by atoms with E-state index in [4.69, 9.17) is 11.6 Å². The molecule has 30 heavy (non-hydrogen) atoms. The van der Waals surface area contributed by atoms with E-state index in [9.17, 15) is 14.4 Å². The summed E-state index contributed by atoms with van der Waals surface area (Å²) in [6, 6.07) is 6.83. The highest BCUT2D eigenvalue weighted by Crippen LogP contribution is 2.29. The number of rotatable bonds is 4. The Labute approximate surface area is 176 Å². The molecule has 1 atom stereocenters. The molecule has 4 rings (SSSR count). The molecule has 1 aromatic carbocycles. The highest BCUT2D eigenvalue weighted by molar-refractivity contribution is 6.31. The lowest BCUT2D eigenvalue weighted by Gasteiger charge is -2.28. The predicted molar refractivity (Wildman–Crippen MR) is 116 cm³/mol. The number of ketones is 1. The van der Waals surface area contributed by atoms with Crippen LogP contribution in [-0.2, 0) is 18.4 Å². The van der Waals surface area contributed by atoms with Crippen LogP contribution in [0.15, 0.2) is 39.0 Å². The largest absolute Gasteiger partial charge is 0.332 e. The van der Waals surface area contributed by atoms with E-state index in [0.717, 1.165) is 10.3 Å². The number of aryl methyl sites for hydroxylation is 1. The van der Waals surface area contributed by atoms with Gasteiger partial charge in [0.25, 0.3) is 5.56 Å². The summed E-state index contributed by atoms with van der Waals surface area (Å²) in [5.74, 6) is 0.269. The standard InChI is InChI=1S/C20H21ClN6O3/c1-11(28)9-26-19-22-17-16(27(19)13(3)12(2)23-26)18(29)25(20(30)24(17)4)10-14-7-5-6-8-15(14)21/h5-8,13H,9-10H2,1-4H3. The lowest BCUT2D eigenvalue weighted by Crippen LogP contribution is -2.40. The summed E-state index contributed by atoms with van der Waals surface area (Å²) in [7, 11) is 1.57. The Hall–Kier alpha value is -3.20. The van der Waals surface area contributed by atoms with Crippen molar-refractivity contribution >= 4 is 40.2 Å². The average molecular weight is 429 g/mol. The normalized spacial score (nSPS) is 16.0. The number of carbonyl (C=O) groups is 1. The number of aromatic nitrogens is 4. The Kier molecular flexibility index (Phi) is 4.85. The second kappa shape index (κ2) is 7.24. The Bertz CT molecular complexity index is 1330. The monoisotopic (exact) mass is 428 g/mol. The number of hydrogen-bond donors (Lipinski definition) is 0. The van der Waals surface area contributed by atoms with Gasteiger partial charge < -0.3 is 0 Å². The Morgan fingerprint density at radius 2 is 1.93 bits per heavy atom. The minimum absolute atomic E-state index is 0.0230. The first kappa shape index (κ1) is 20.1. The summed E-state index contributed by atoms with van der Waals surface area (Å²) >= 11 is 6.24. The molecule has 0 fully saturated rings. The summed E-state index contributed by atoms with van der Waals surface area (Å²) in [6.07, 6.45) is 0. The Morgan fingerprint density at radius 3 is 2.60 bits per heavy atom. The molecule has 0 spiro atoms. The van der Waals surface area contributed by atoms with Crippen LogP contribution in [0.4, 0.5) is 5.95 Å². The van der Waals surface area contributed by atoms with Crippen LogP contribution in [0.3, 0.4) is 0 Å². The number of Topliss-reactive ketones (excluding diaryl/α,β-unsaturated/α-hetero) is 1. The molecular formula is C20H21ClN6O3. The number of halogens is 1. The third kappa shape index (κ3) is 3.06. The molecule has 0 amide bonds. The van der Waals surface area contributed by atoms with Gasteiger partial charge in [0, 0.05) is 12.1 Å². The SMILES string of the molecule is CC(=O)CN1N=C(C)C(C)n2c1nc1c2c(=O)n(Cc2ccccc2Cl)c(=O)n1C. The smallest absolute Gasteiger partial charge is 0.298 e. The maximum atomic E-state index is 13.5. The zero-order chi connectivity index (χ0) is 21.7. The average Bonchev–Trinajstić information content (AvgIpc) is 3.10. The fourth-order valence-electron chi connectivity index (χ4n) is 3.64. The second-order valence-electron chi connectivity index (χ2n) is 7.46. The topological polar surface area (TPSA) is 94.5 Å². The lowest BCUT2D eigenvalue weighted by atomic mass is 10.2. The van der Waals surface area contributed by atoms with E-state index >= 15 is 0 Å². The first-order chi connectivity index (χ1) is 14.2. The van der Waals surface area contributed by atoms with Gasteiger partial charge in [-0.25, -0.2) is 9.80 Å². The van der Waals surface area contributed by atoms with Crippen molar-refractivity contribution in [3.63, 3.8) is 0 Å². The number of nitrogens with zero attached hydrogens (tertiary/aromatic N) is 6. The minimum atomic E-state index is -0.494. The van der Waals surface area contributed by atoms with Crippen molar-refractivity contribution < 1.29 is 4.79 Å². The van der Waals surface area contributed by atoms with E-state index in [2.05, 4.69) is 10.1 Å². The van der Waals surface area contributed by atoms with Gasteiger partial charge in [-0.15, -0.1) is 0 Å². The van der Waals surface area contributed by atoms with Crippen LogP contribution < -0.4 is 16.3 Å². The van der Waals surface area contributed by atoms with Gasteiger partial charge in [0.05, 0.1) is 18.3 Å². The molecular weight excluding hydrogens is 408 g/mol. The van der Waals surface area contributed by atoms with Crippen molar-refractivity contribution in [3.8, 4) is 0 Å². The fourth-order valence-corrected chi connectivity index (χ4v) is 3.83. The van der Waals surface area contributed by atoms with Crippen molar-refractivity contribution in [3.05, 3.63) is 55.7 Å². The van der Waals surface area contributed by atoms with E-state index in [1.807, 2.05) is 13.8 Å². The van der Waals surface area contributed by atoms with Gasteiger partial charge in [0.15, 0.2) is 16.9 Å². The summed E-state index contributed by atoms with van der Waals surface area (Å²) in [6.45, 7) is 5.26. The van der Waals surface area contributed by atoms with Gasteiger partial charge in [-0.2, -0.15) is 10.1 Å². The quantitative estimate of drug-likeness (QED) is 0.633. The zero-order valence-corrected chi connectivity index (χ0v) is 17.8. The van der Waals surface area contributed by atoms with Gasteiger partial charge in [-0.3, -0.25) is 23.3 Å². The number of benzene rings is 1. The van der Waals surface area contributed by atoms with Crippen molar-refractivity contribution in [1.82, 2.24) is 18.7 Å². The number of hydrazone groups is 1. The van der Waals surface area contributed by atoms with Crippen molar-refractivity contribution in [1.29, 1.82) is 0 Å². The molecule has 9 nitrogen and oxygen atoms in total. The third-order valence-corrected chi connectivity index (χ3v) is 5.69. The van der Waals surface area contributed by atoms with E-state index < -0.39 is 11.2 Å². The van der Waals surface area contributed by atoms with Crippen molar-refractivity contribution in [2.75, 3.05) is 11.6 Å². The molecule has 3 heterocycles. The molecule has 0 bridgehead atoms. The van der Waals surface area contributed by atoms with Crippen LogP contribution >= 0.6 is 11.6 Å². The summed E-state index contributed by atoms with van der Waals surface area (Å²) in [5.41, 5.74) is 0.978. The van der Waals surface area contributed by atoms with Gasteiger partial charge in [-0.05, 0) is 32.4 Å². The molecule has 0 saturated carbocycles. The number of hydrogen-bond acceptors (Lipinski definition) is 6. The molecule has 0 saturated heterocycles. The predicted octanol–water partition coefficient (Wildman–Crippen LogP) is 1.94. The van der Waals surface area contributed by atoms with Crippen molar-refractivity contribution in [2.45, 2.75) is 33.4 Å². The molecule has 0 radical (unpaired) electrons. The molecule has 3 aromatic rings. The molecule has 1 aliphatic heterocycles. The van der Waals surface area contributed by atoms with Crippen LogP contribution in [0.5, 0.6) is 0 Å². The van der Waals surface area contributed by atoms with E-state index in [-0.39, 0.29) is 36.1 Å². The van der Waals surface area contributed by atoms with Gasteiger partial charge in [-0.1, -0.05) is 29.8 Å². The van der Waals surface area contributed by atoms with Gasteiger partial charge in [0.1, 0.15) is 6.54 Å². The third-order valence-electron chi connectivity index (χ3n) is 5.32. The highest BCUT2D eigenvalue weighted by atomic mass is 35.5. The van der Waals surface area contributed by atoms with Gasteiger partial charge >= 0.3 is 5.69 Å². The Balaban J connectivity index is 2.00. The fraction of sp³-hybridized carbons (Fsp3) is 0.350. The number of imidazole rings is 1. The molecule has 2 aromatic heterocycles. The molecule has 0 aliphatic carbocycles. The van der Waals surface area contributed by atoms with E-state index in [1.54, 1.807) is 35.9 Å². The van der Waals surface area contributed by atoms with Crippen molar-refractivity contribution in [2.24, 2.45) is 12.1 Å². The summed E-state index contributed by atoms with van der Waals surface area (Å²) < 4.78 is 4.24. The molecule has 0 N–H and O–H groups in total. The maximum absolute atomic E-state index is 13.5. The number of fused-ring (bicyclic) bond motifs is 3. The van der Waals surface area contributed by atoms with Crippen LogP contribution in [0, 0.1) is 0 Å². The van der Waals surface area contributed by atoms with Crippen LogP contribution in [0.2, 0.25) is 5.02 Å². The van der Waals surface area contributed by atoms with Crippen LogP contribution in [-0.4, -0.2) is 36.7 Å². The lowest BCUT2D eigenvalue weighted by molar-refractivity contribution is -0.115. The minimum Gasteiger partial charge on any atom is -0.298 e. The summed E-state index contributed by atoms with van der Waals surface area (Å²) in [4.78, 5) is 42.7.